The molecule has 2 aromatic carbocycles. The van der Waals surface area contributed by atoms with Crippen LogP contribution in [0.1, 0.15) is 18.5 Å². The number of benzene rings is 2. The number of hydrogen-bond acceptors (Lipinski definition) is 8. The first-order valence-electron chi connectivity index (χ1n) is 10.4. The zero-order chi connectivity index (χ0) is 23.2. The lowest BCUT2D eigenvalue weighted by molar-refractivity contribution is -0.145. The summed E-state index contributed by atoms with van der Waals surface area (Å²) < 4.78 is 22.6. The van der Waals surface area contributed by atoms with Crippen LogP contribution in [0.3, 0.4) is 0 Å². The summed E-state index contributed by atoms with van der Waals surface area (Å²) in [4.78, 5) is 29.2. The molecule has 0 radical (unpaired) electrons. The topological polar surface area (TPSA) is 106 Å². The Balaban J connectivity index is 1.32. The Morgan fingerprint density at radius 3 is 2.58 bits per heavy atom. The Kier molecular flexibility index (Phi) is 6.68. The third-order valence-corrected chi connectivity index (χ3v) is 5.11. The van der Waals surface area contributed by atoms with Crippen molar-refractivity contribution >= 4 is 16.9 Å². The highest BCUT2D eigenvalue weighted by molar-refractivity contribution is 5.81. The molecule has 4 rings (SSSR count). The Labute approximate surface area is 189 Å². The number of fused-ring (bicyclic) bond motifs is 1. The maximum absolute atomic E-state index is 12.8. The molecule has 0 aliphatic carbocycles. The van der Waals surface area contributed by atoms with E-state index in [2.05, 4.69) is 10.1 Å². The van der Waals surface area contributed by atoms with E-state index in [-0.39, 0.29) is 24.6 Å². The summed E-state index contributed by atoms with van der Waals surface area (Å²) >= 11 is 0. The number of aromatic nitrogens is 3. The number of esters is 1. The molecule has 0 N–H and O–H groups in total. The van der Waals surface area contributed by atoms with Gasteiger partial charge in [-0.2, -0.15) is 0 Å². The van der Waals surface area contributed by atoms with Crippen LogP contribution < -0.4 is 15.0 Å². The van der Waals surface area contributed by atoms with E-state index in [9.17, 15) is 9.59 Å². The van der Waals surface area contributed by atoms with Gasteiger partial charge >= 0.3 is 5.97 Å². The van der Waals surface area contributed by atoms with Crippen molar-refractivity contribution in [3.8, 4) is 22.8 Å². The van der Waals surface area contributed by atoms with E-state index in [1.165, 1.54) is 25.1 Å². The van der Waals surface area contributed by atoms with Crippen molar-refractivity contribution in [2.45, 2.75) is 26.0 Å². The molecule has 2 heterocycles. The van der Waals surface area contributed by atoms with Crippen molar-refractivity contribution in [1.82, 2.24) is 14.7 Å². The quantitative estimate of drug-likeness (QED) is 0.357. The summed E-state index contributed by atoms with van der Waals surface area (Å²) in [7, 11) is 3.03. The van der Waals surface area contributed by atoms with Gasteiger partial charge in [-0.3, -0.25) is 14.2 Å². The highest BCUT2D eigenvalue weighted by atomic mass is 16.5. The SMILES string of the molecule is COc1cc2ncn(CCCC(=O)OCc3cc(-c4ccccc4)on3)c(=O)c2cc1OC. The lowest BCUT2D eigenvalue weighted by Gasteiger charge is -2.10. The van der Waals surface area contributed by atoms with Gasteiger partial charge in [-0.15, -0.1) is 0 Å². The van der Waals surface area contributed by atoms with Crippen molar-refractivity contribution in [3.63, 3.8) is 0 Å². The lowest BCUT2D eigenvalue weighted by Crippen LogP contribution is -2.21. The molecule has 9 nitrogen and oxygen atoms in total. The second kappa shape index (κ2) is 9.99. The number of carbonyl (C=O) groups is 1. The van der Waals surface area contributed by atoms with Gasteiger partial charge in [-0.05, 0) is 12.5 Å². The molecule has 0 amide bonds. The highest BCUT2D eigenvalue weighted by Crippen LogP contribution is 2.29. The van der Waals surface area contributed by atoms with Gasteiger partial charge in [0.15, 0.2) is 17.3 Å². The summed E-state index contributed by atoms with van der Waals surface area (Å²) in [6.45, 7) is 0.349. The smallest absolute Gasteiger partial charge is 0.306 e. The number of rotatable bonds is 9. The average Bonchev–Trinajstić information content (AvgIpc) is 3.33. The van der Waals surface area contributed by atoms with Crippen LogP contribution in [0.4, 0.5) is 0 Å². The van der Waals surface area contributed by atoms with Crippen LogP contribution in [0.15, 0.2) is 64.2 Å². The summed E-state index contributed by atoms with van der Waals surface area (Å²) in [5.74, 6) is 1.18. The van der Waals surface area contributed by atoms with Crippen molar-refractivity contribution < 1.29 is 23.5 Å². The normalized spacial score (nSPS) is 10.8. The van der Waals surface area contributed by atoms with Gasteiger partial charge in [0.05, 0.1) is 31.4 Å². The molecule has 4 aromatic rings. The molecule has 0 saturated carbocycles. The third-order valence-electron chi connectivity index (χ3n) is 5.11. The predicted octanol–water partition coefficient (Wildman–Crippen LogP) is 3.59. The fourth-order valence-electron chi connectivity index (χ4n) is 3.38. The van der Waals surface area contributed by atoms with E-state index in [4.69, 9.17) is 18.7 Å². The average molecular weight is 449 g/mol. The first kappa shape index (κ1) is 22.1. The Morgan fingerprint density at radius 1 is 1.06 bits per heavy atom. The van der Waals surface area contributed by atoms with Crippen LogP contribution in [0.5, 0.6) is 11.5 Å². The maximum Gasteiger partial charge on any atom is 0.306 e. The molecule has 0 aliphatic heterocycles. The molecule has 0 bridgehead atoms. The number of hydrogen-bond donors (Lipinski definition) is 0. The van der Waals surface area contributed by atoms with Gasteiger partial charge in [-0.1, -0.05) is 35.5 Å². The van der Waals surface area contributed by atoms with Crippen molar-refractivity contribution in [2.75, 3.05) is 14.2 Å². The lowest BCUT2D eigenvalue weighted by atomic mass is 10.2. The Hall–Kier alpha value is -4.14. The molecule has 9 heteroatoms. The third kappa shape index (κ3) is 5.03. The predicted molar refractivity (Wildman–Crippen MR) is 120 cm³/mol. The molecule has 0 fully saturated rings. The van der Waals surface area contributed by atoms with Crippen LogP contribution >= 0.6 is 0 Å². The van der Waals surface area contributed by atoms with E-state index in [1.807, 2.05) is 30.3 Å². The monoisotopic (exact) mass is 449 g/mol. The molecular weight excluding hydrogens is 426 g/mol. The number of carbonyl (C=O) groups excluding carboxylic acids is 1. The molecule has 0 unspecified atom stereocenters. The Morgan fingerprint density at radius 2 is 1.82 bits per heavy atom. The van der Waals surface area contributed by atoms with E-state index in [0.717, 1.165) is 5.56 Å². The van der Waals surface area contributed by atoms with Crippen molar-refractivity contribution in [1.29, 1.82) is 0 Å². The van der Waals surface area contributed by atoms with Crippen molar-refractivity contribution in [3.05, 3.63) is 70.9 Å². The fourth-order valence-corrected chi connectivity index (χ4v) is 3.38. The maximum atomic E-state index is 12.8. The van der Waals surface area contributed by atoms with E-state index in [1.54, 1.807) is 18.2 Å². The Bertz CT molecular complexity index is 1310. The van der Waals surface area contributed by atoms with Crippen LogP contribution in [0.2, 0.25) is 0 Å². The van der Waals surface area contributed by atoms with E-state index >= 15 is 0 Å². The van der Waals surface area contributed by atoms with Gasteiger partial charge in [0, 0.05) is 30.7 Å². The second-order valence-electron chi connectivity index (χ2n) is 7.28. The number of aryl methyl sites for hydroxylation is 1. The number of nitrogens with zero attached hydrogens (tertiary/aromatic N) is 3. The molecule has 0 atom stereocenters. The summed E-state index contributed by atoms with van der Waals surface area (Å²) in [6.07, 6.45) is 2.04. The van der Waals surface area contributed by atoms with Crippen molar-refractivity contribution in [2.24, 2.45) is 0 Å². The van der Waals surface area contributed by atoms with Gasteiger partial charge in [0.2, 0.25) is 0 Å². The van der Waals surface area contributed by atoms with Gasteiger partial charge in [0.1, 0.15) is 12.3 Å². The second-order valence-corrected chi connectivity index (χ2v) is 7.28. The zero-order valence-electron chi connectivity index (χ0n) is 18.3. The van der Waals surface area contributed by atoms with Crippen LogP contribution in [0, 0.1) is 0 Å². The molecule has 33 heavy (non-hydrogen) atoms. The standard InChI is InChI=1S/C24H23N3O6/c1-30-21-12-18-19(13-22(21)31-2)25-15-27(24(18)29)10-6-9-23(28)32-14-17-11-20(33-26-17)16-7-4-3-5-8-16/h3-5,7-8,11-13,15H,6,9-10,14H2,1-2H3. The molecular formula is C24H23N3O6. The first-order chi connectivity index (χ1) is 16.1. The number of ether oxygens (including phenoxy) is 3. The summed E-state index contributed by atoms with van der Waals surface area (Å²) in [6, 6.07) is 14.5. The molecule has 0 aliphatic rings. The highest BCUT2D eigenvalue weighted by Gasteiger charge is 2.12. The fraction of sp³-hybridized carbons (Fsp3) is 0.250. The van der Waals surface area contributed by atoms with E-state index in [0.29, 0.717) is 46.8 Å². The minimum atomic E-state index is -0.382. The van der Waals surface area contributed by atoms with Crippen LogP contribution in [-0.2, 0) is 22.7 Å². The largest absolute Gasteiger partial charge is 0.493 e. The first-order valence-corrected chi connectivity index (χ1v) is 10.4. The van der Waals surface area contributed by atoms with Gasteiger partial charge in [0.25, 0.3) is 5.56 Å². The summed E-state index contributed by atoms with van der Waals surface area (Å²) in [5.41, 5.74) is 1.72. The minimum absolute atomic E-state index is 0.0221. The van der Waals surface area contributed by atoms with Gasteiger partial charge in [-0.25, -0.2) is 4.98 Å². The molecule has 0 spiro atoms. The molecule has 2 aromatic heterocycles. The van der Waals surface area contributed by atoms with Crippen LogP contribution in [-0.4, -0.2) is 34.9 Å². The molecule has 170 valence electrons. The number of methoxy groups -OCH3 is 2. The zero-order valence-corrected chi connectivity index (χ0v) is 18.3. The van der Waals surface area contributed by atoms with Crippen LogP contribution in [0.25, 0.3) is 22.2 Å². The minimum Gasteiger partial charge on any atom is -0.493 e. The summed E-state index contributed by atoms with van der Waals surface area (Å²) in [5, 5.41) is 4.35. The molecule has 0 saturated heterocycles. The van der Waals surface area contributed by atoms with Gasteiger partial charge < -0.3 is 18.7 Å². The van der Waals surface area contributed by atoms with E-state index < -0.39 is 0 Å².